The molecule has 0 N–H and O–H groups in total. The normalized spacial score (nSPS) is 22.7. The molecular formula is C18H24N4O2S. The Labute approximate surface area is 152 Å². The topological polar surface area (TPSA) is 60.4 Å². The molecule has 0 radical (unpaired) electrons. The third kappa shape index (κ3) is 4.16. The Kier molecular flexibility index (Phi) is 4.96. The molecule has 6 nitrogen and oxygen atoms in total. The minimum Gasteiger partial charge on any atom is -0.477 e. The first-order valence-electron chi connectivity index (χ1n) is 8.87. The first kappa shape index (κ1) is 16.9. The van der Waals surface area contributed by atoms with Crippen LogP contribution in [0.4, 0.5) is 0 Å². The minimum absolute atomic E-state index is 0.0588. The molecule has 0 bridgehead atoms. The largest absolute Gasteiger partial charge is 0.477 e. The third-order valence-corrected chi connectivity index (χ3v) is 5.73. The summed E-state index contributed by atoms with van der Waals surface area (Å²) in [4.78, 5) is 15.3. The average Bonchev–Trinajstić information content (AvgIpc) is 3.07. The summed E-state index contributed by atoms with van der Waals surface area (Å²) in [7, 11) is 0. The number of aromatic nitrogens is 3. The van der Waals surface area contributed by atoms with E-state index in [0.717, 1.165) is 51.2 Å². The second-order valence-corrected chi connectivity index (χ2v) is 8.08. The van der Waals surface area contributed by atoms with E-state index in [4.69, 9.17) is 9.47 Å². The fourth-order valence-electron chi connectivity index (χ4n) is 3.84. The number of rotatable bonds is 6. The molecule has 2 fully saturated rings. The number of aryl methyl sites for hydroxylation is 1. The molecule has 2 saturated heterocycles. The van der Waals surface area contributed by atoms with Gasteiger partial charge in [-0.3, -0.25) is 9.88 Å². The maximum Gasteiger partial charge on any atom is 0.232 e. The predicted molar refractivity (Wildman–Crippen MR) is 95.7 cm³/mol. The van der Waals surface area contributed by atoms with Gasteiger partial charge in [0.05, 0.1) is 30.6 Å². The zero-order chi connectivity index (χ0) is 17.1. The van der Waals surface area contributed by atoms with Crippen molar-refractivity contribution in [2.24, 2.45) is 5.92 Å². The van der Waals surface area contributed by atoms with E-state index in [1.54, 1.807) is 23.7 Å². The Hall–Kier alpha value is -1.57. The van der Waals surface area contributed by atoms with E-state index in [1.165, 1.54) is 5.01 Å². The van der Waals surface area contributed by atoms with Crippen LogP contribution in [0, 0.1) is 12.8 Å². The monoisotopic (exact) mass is 360 g/mol. The lowest BCUT2D eigenvalue weighted by atomic mass is 9.79. The smallest absolute Gasteiger partial charge is 0.232 e. The van der Waals surface area contributed by atoms with E-state index in [-0.39, 0.29) is 5.60 Å². The maximum atomic E-state index is 6.14. The van der Waals surface area contributed by atoms with Gasteiger partial charge in [-0.2, -0.15) is 0 Å². The summed E-state index contributed by atoms with van der Waals surface area (Å²) in [6.45, 7) is 6.47. The highest BCUT2D eigenvalue weighted by molar-refractivity contribution is 7.09. The van der Waals surface area contributed by atoms with Gasteiger partial charge in [0, 0.05) is 37.5 Å². The summed E-state index contributed by atoms with van der Waals surface area (Å²) in [5.74, 6) is 1.29. The highest BCUT2D eigenvalue weighted by Crippen LogP contribution is 2.38. The number of nitrogens with zero attached hydrogens (tertiary/aromatic N) is 4. The molecule has 7 heteroatoms. The molecule has 2 aromatic rings. The van der Waals surface area contributed by atoms with Gasteiger partial charge in [0.15, 0.2) is 0 Å². The summed E-state index contributed by atoms with van der Waals surface area (Å²) in [5.41, 5.74) is 0.945. The molecule has 0 aromatic carbocycles. The second-order valence-electron chi connectivity index (χ2n) is 7.10. The van der Waals surface area contributed by atoms with Gasteiger partial charge < -0.3 is 9.47 Å². The van der Waals surface area contributed by atoms with Crippen molar-refractivity contribution in [3.8, 4) is 5.88 Å². The van der Waals surface area contributed by atoms with Crippen LogP contribution in [0.2, 0.25) is 0 Å². The quantitative estimate of drug-likeness (QED) is 0.789. The van der Waals surface area contributed by atoms with E-state index >= 15 is 0 Å². The fourth-order valence-corrected chi connectivity index (χ4v) is 4.50. The van der Waals surface area contributed by atoms with Crippen molar-refractivity contribution in [2.75, 3.05) is 26.3 Å². The van der Waals surface area contributed by atoms with Crippen molar-refractivity contribution < 1.29 is 9.47 Å². The van der Waals surface area contributed by atoms with E-state index in [2.05, 4.69) is 19.9 Å². The molecule has 1 spiro atoms. The van der Waals surface area contributed by atoms with Crippen molar-refractivity contribution >= 4 is 11.3 Å². The predicted octanol–water partition coefficient (Wildman–Crippen LogP) is 2.69. The van der Waals surface area contributed by atoms with Gasteiger partial charge in [0.25, 0.3) is 0 Å². The second kappa shape index (κ2) is 7.35. The summed E-state index contributed by atoms with van der Waals surface area (Å²) in [6, 6.07) is 0. The summed E-state index contributed by atoms with van der Waals surface area (Å²) in [5, 5.41) is 3.23. The number of ether oxygens (including phenoxy) is 2. The standard InChI is InChI=1S/C18H24N4O2S/c1-14-9-19-10-16(21-14)23-5-2-15-3-6-24-18(8-15)12-22(13-18)11-17-20-4-7-25-17/h4,7,9-10,15H,2-3,5-6,8,11-13H2,1H3/t15-/m0/s1. The first-order chi connectivity index (χ1) is 12.2. The highest BCUT2D eigenvalue weighted by atomic mass is 32.1. The van der Waals surface area contributed by atoms with Crippen LogP contribution in [0.15, 0.2) is 24.0 Å². The van der Waals surface area contributed by atoms with Crippen LogP contribution in [-0.2, 0) is 11.3 Å². The van der Waals surface area contributed by atoms with Crippen molar-refractivity contribution in [2.45, 2.75) is 38.3 Å². The highest BCUT2D eigenvalue weighted by Gasteiger charge is 2.47. The summed E-state index contributed by atoms with van der Waals surface area (Å²) < 4.78 is 11.9. The molecule has 0 aliphatic carbocycles. The molecule has 1 atom stereocenters. The molecule has 2 aliphatic heterocycles. The van der Waals surface area contributed by atoms with Crippen LogP contribution in [0.25, 0.3) is 0 Å². The van der Waals surface area contributed by atoms with Crippen LogP contribution in [0.5, 0.6) is 5.88 Å². The molecule has 25 heavy (non-hydrogen) atoms. The van der Waals surface area contributed by atoms with Crippen molar-refractivity contribution in [3.05, 3.63) is 34.7 Å². The Morgan fingerprint density at radius 2 is 2.32 bits per heavy atom. The number of likely N-dealkylation sites (tertiary alicyclic amines) is 1. The first-order valence-corrected chi connectivity index (χ1v) is 9.75. The van der Waals surface area contributed by atoms with E-state index in [1.807, 2.05) is 18.5 Å². The van der Waals surface area contributed by atoms with Gasteiger partial charge in [0.1, 0.15) is 5.01 Å². The SMILES string of the molecule is Cc1cncc(OCC[C@H]2CCOC3(C2)CN(Cc2nccs2)C3)n1. The number of hydrogen-bond donors (Lipinski definition) is 0. The van der Waals surface area contributed by atoms with Gasteiger partial charge in [-0.25, -0.2) is 9.97 Å². The molecule has 0 unspecified atom stereocenters. The molecule has 134 valence electrons. The summed E-state index contributed by atoms with van der Waals surface area (Å²) in [6.07, 6.45) is 8.60. The van der Waals surface area contributed by atoms with Crippen molar-refractivity contribution in [3.63, 3.8) is 0 Å². The van der Waals surface area contributed by atoms with Crippen molar-refractivity contribution in [1.82, 2.24) is 19.9 Å². The third-order valence-electron chi connectivity index (χ3n) is 4.97. The van der Waals surface area contributed by atoms with Gasteiger partial charge in [-0.15, -0.1) is 11.3 Å². The van der Waals surface area contributed by atoms with Crippen LogP contribution < -0.4 is 4.74 Å². The molecule has 4 heterocycles. The Balaban J connectivity index is 1.22. The Morgan fingerprint density at radius 3 is 3.12 bits per heavy atom. The minimum atomic E-state index is 0.0588. The Morgan fingerprint density at radius 1 is 1.40 bits per heavy atom. The lowest BCUT2D eigenvalue weighted by Gasteiger charge is -2.53. The lowest BCUT2D eigenvalue weighted by molar-refractivity contribution is -0.182. The fraction of sp³-hybridized carbons (Fsp3) is 0.611. The molecule has 4 rings (SSSR count). The number of hydrogen-bond acceptors (Lipinski definition) is 7. The molecule has 0 amide bonds. The zero-order valence-electron chi connectivity index (χ0n) is 14.6. The van der Waals surface area contributed by atoms with Gasteiger partial charge in [-0.05, 0) is 32.1 Å². The van der Waals surface area contributed by atoms with Crippen LogP contribution >= 0.6 is 11.3 Å². The number of thiazole rings is 1. The van der Waals surface area contributed by atoms with Crippen LogP contribution in [0.1, 0.15) is 30.0 Å². The molecule has 2 aliphatic rings. The molecule has 0 saturated carbocycles. The maximum absolute atomic E-state index is 6.14. The lowest BCUT2D eigenvalue weighted by Crippen LogP contribution is -2.64. The van der Waals surface area contributed by atoms with E-state index in [9.17, 15) is 0 Å². The van der Waals surface area contributed by atoms with E-state index < -0.39 is 0 Å². The molecular weight excluding hydrogens is 336 g/mol. The van der Waals surface area contributed by atoms with Crippen LogP contribution in [-0.4, -0.2) is 51.8 Å². The average molecular weight is 360 g/mol. The van der Waals surface area contributed by atoms with Gasteiger partial charge >= 0.3 is 0 Å². The van der Waals surface area contributed by atoms with Gasteiger partial charge in [-0.1, -0.05) is 0 Å². The Bertz CT molecular complexity index is 688. The zero-order valence-corrected chi connectivity index (χ0v) is 15.4. The van der Waals surface area contributed by atoms with Crippen LogP contribution in [0.3, 0.4) is 0 Å². The van der Waals surface area contributed by atoms with Crippen molar-refractivity contribution in [1.29, 1.82) is 0 Å². The van der Waals surface area contributed by atoms with Gasteiger partial charge in [0.2, 0.25) is 5.88 Å². The summed E-state index contributed by atoms with van der Waals surface area (Å²) >= 11 is 1.72. The van der Waals surface area contributed by atoms with E-state index in [0.29, 0.717) is 18.4 Å². The molecule has 2 aromatic heterocycles.